The summed E-state index contributed by atoms with van der Waals surface area (Å²) >= 11 is 0. The highest BCUT2D eigenvalue weighted by atomic mass is 16.3. The first-order chi connectivity index (χ1) is 12.7. The van der Waals surface area contributed by atoms with E-state index in [0.717, 1.165) is 49.2 Å². The maximum atomic E-state index is 10.9. The third-order valence-corrected chi connectivity index (χ3v) is 5.31. The van der Waals surface area contributed by atoms with E-state index >= 15 is 0 Å². The number of rotatable bonds is 5. The Bertz CT molecular complexity index is 823. The van der Waals surface area contributed by atoms with Gasteiger partial charge in [0.15, 0.2) is 0 Å². The highest BCUT2D eigenvalue weighted by Gasteiger charge is 2.34. The number of aliphatic hydroxyl groups is 1. The van der Waals surface area contributed by atoms with Gasteiger partial charge in [-0.2, -0.15) is 5.10 Å². The minimum atomic E-state index is -0.738. The number of aromatic nitrogens is 3. The molecule has 0 atom stereocenters. The molecule has 1 fully saturated rings. The molecule has 1 aromatic carbocycles. The molecule has 0 radical (unpaired) electrons. The molecule has 0 amide bonds. The van der Waals surface area contributed by atoms with Gasteiger partial charge in [0.05, 0.1) is 17.0 Å². The number of pyridine rings is 1. The van der Waals surface area contributed by atoms with Crippen LogP contribution in [0.4, 0.5) is 0 Å². The average Bonchev–Trinajstić information content (AvgIpc) is 3.18. The van der Waals surface area contributed by atoms with E-state index in [1.165, 1.54) is 0 Å². The molecule has 134 valence electrons. The molecule has 0 unspecified atom stereocenters. The molecular formula is C21H24N4O. The van der Waals surface area contributed by atoms with Gasteiger partial charge in [-0.1, -0.05) is 24.3 Å². The third-order valence-electron chi connectivity index (χ3n) is 5.31. The van der Waals surface area contributed by atoms with Crippen molar-refractivity contribution in [3.63, 3.8) is 0 Å². The summed E-state index contributed by atoms with van der Waals surface area (Å²) in [7, 11) is 0. The lowest BCUT2D eigenvalue weighted by Crippen LogP contribution is -2.39. The fraction of sp³-hybridized carbons (Fsp3) is 0.333. The lowest BCUT2D eigenvalue weighted by Gasteiger charge is -2.36. The molecule has 0 aliphatic heterocycles. The van der Waals surface area contributed by atoms with Crippen molar-refractivity contribution in [2.75, 3.05) is 0 Å². The van der Waals surface area contributed by atoms with Gasteiger partial charge in [0.25, 0.3) is 0 Å². The number of hydrogen-bond donors (Lipinski definition) is 2. The van der Waals surface area contributed by atoms with Crippen LogP contribution in [0.3, 0.4) is 0 Å². The molecule has 0 saturated heterocycles. The summed E-state index contributed by atoms with van der Waals surface area (Å²) in [6, 6.07) is 16.5. The van der Waals surface area contributed by atoms with E-state index in [9.17, 15) is 5.11 Å². The monoisotopic (exact) mass is 348 g/mol. The van der Waals surface area contributed by atoms with Crippen LogP contribution in [0, 0.1) is 0 Å². The number of para-hydroxylation sites is 1. The molecule has 1 aliphatic carbocycles. The topological polar surface area (TPSA) is 63.0 Å². The van der Waals surface area contributed by atoms with Gasteiger partial charge in [-0.25, -0.2) is 4.68 Å². The first-order valence-corrected chi connectivity index (χ1v) is 9.19. The van der Waals surface area contributed by atoms with Crippen LogP contribution >= 0.6 is 0 Å². The molecule has 1 aliphatic rings. The van der Waals surface area contributed by atoms with Gasteiger partial charge in [-0.05, 0) is 49.9 Å². The van der Waals surface area contributed by atoms with Crippen LogP contribution in [0.2, 0.25) is 0 Å². The van der Waals surface area contributed by atoms with Crippen molar-refractivity contribution >= 4 is 0 Å². The van der Waals surface area contributed by atoms with E-state index < -0.39 is 5.60 Å². The predicted molar refractivity (Wildman–Crippen MR) is 101 cm³/mol. The minimum Gasteiger partial charge on any atom is -0.385 e. The van der Waals surface area contributed by atoms with Crippen molar-refractivity contribution in [2.45, 2.75) is 43.9 Å². The van der Waals surface area contributed by atoms with Crippen molar-refractivity contribution in [3.8, 4) is 5.69 Å². The number of nitrogens with one attached hydrogen (secondary N) is 1. The van der Waals surface area contributed by atoms with Crippen LogP contribution in [0.15, 0.2) is 67.1 Å². The molecule has 5 nitrogen and oxygen atoms in total. The zero-order valence-corrected chi connectivity index (χ0v) is 14.8. The first kappa shape index (κ1) is 16.9. The fourth-order valence-electron chi connectivity index (χ4n) is 3.74. The summed E-state index contributed by atoms with van der Waals surface area (Å²) in [6.07, 6.45) is 8.78. The molecule has 2 N–H and O–H groups in total. The van der Waals surface area contributed by atoms with Crippen LogP contribution in [-0.2, 0) is 12.1 Å². The van der Waals surface area contributed by atoms with Gasteiger partial charge in [-0.3, -0.25) is 4.98 Å². The van der Waals surface area contributed by atoms with Gasteiger partial charge < -0.3 is 10.4 Å². The summed E-state index contributed by atoms with van der Waals surface area (Å²) in [4.78, 5) is 4.15. The van der Waals surface area contributed by atoms with Crippen LogP contribution in [0.1, 0.15) is 36.9 Å². The smallest absolute Gasteiger partial charge is 0.0912 e. The van der Waals surface area contributed by atoms with Gasteiger partial charge in [0, 0.05) is 36.7 Å². The molecule has 26 heavy (non-hydrogen) atoms. The minimum absolute atomic E-state index is 0.408. The Kier molecular flexibility index (Phi) is 4.82. The largest absolute Gasteiger partial charge is 0.385 e. The molecule has 0 spiro atoms. The lowest BCUT2D eigenvalue weighted by molar-refractivity contribution is -0.00879. The molecule has 3 aromatic rings. The fourth-order valence-corrected chi connectivity index (χ4v) is 3.74. The van der Waals surface area contributed by atoms with E-state index in [1.54, 1.807) is 12.4 Å². The molecular weight excluding hydrogens is 324 g/mol. The molecule has 1 saturated carbocycles. The quantitative estimate of drug-likeness (QED) is 0.743. The number of nitrogens with zero attached hydrogens (tertiary/aromatic N) is 3. The van der Waals surface area contributed by atoms with Crippen molar-refractivity contribution in [1.82, 2.24) is 20.1 Å². The average molecular weight is 348 g/mol. The second kappa shape index (κ2) is 7.40. The maximum absolute atomic E-state index is 10.9. The van der Waals surface area contributed by atoms with Crippen LogP contribution in [-0.4, -0.2) is 25.9 Å². The van der Waals surface area contributed by atoms with Gasteiger partial charge >= 0.3 is 0 Å². The first-order valence-electron chi connectivity index (χ1n) is 9.19. The second-order valence-corrected chi connectivity index (χ2v) is 7.00. The Hall–Kier alpha value is -2.50. The summed E-state index contributed by atoms with van der Waals surface area (Å²) in [5.74, 6) is 0. The zero-order valence-electron chi connectivity index (χ0n) is 14.8. The van der Waals surface area contributed by atoms with Crippen LogP contribution in [0.25, 0.3) is 5.69 Å². The Labute approximate surface area is 153 Å². The van der Waals surface area contributed by atoms with E-state index in [1.807, 2.05) is 41.2 Å². The molecule has 0 bridgehead atoms. The molecule has 4 rings (SSSR count). The van der Waals surface area contributed by atoms with Crippen molar-refractivity contribution in [3.05, 3.63) is 78.4 Å². The predicted octanol–water partition coefficient (Wildman–Crippen LogP) is 3.19. The number of hydrogen-bond acceptors (Lipinski definition) is 4. The standard InChI is InChI=1S/C21H24N4O/c26-21(17-5-4-13-22-15-17)11-8-18(9-12-21)23-16-20-10-14-24-25(20)19-6-2-1-3-7-19/h1-7,10,13-15,18,23,26H,8-9,11-12,16H2. The van der Waals surface area contributed by atoms with E-state index in [2.05, 4.69) is 33.6 Å². The summed E-state index contributed by atoms with van der Waals surface area (Å²) < 4.78 is 1.97. The normalized spacial score (nSPS) is 23.0. The Balaban J connectivity index is 1.36. The lowest BCUT2D eigenvalue weighted by atomic mass is 9.78. The summed E-state index contributed by atoms with van der Waals surface area (Å²) in [6.45, 7) is 0.769. The maximum Gasteiger partial charge on any atom is 0.0912 e. The summed E-state index contributed by atoms with van der Waals surface area (Å²) in [5, 5.41) is 19.0. The number of benzene rings is 1. The Morgan fingerprint density at radius 3 is 2.58 bits per heavy atom. The summed E-state index contributed by atoms with van der Waals surface area (Å²) in [5.41, 5.74) is 2.41. The SMILES string of the molecule is OC1(c2cccnc2)CCC(NCc2ccnn2-c2ccccc2)CC1. The van der Waals surface area contributed by atoms with Gasteiger partial charge in [0.1, 0.15) is 0 Å². The van der Waals surface area contributed by atoms with E-state index in [0.29, 0.717) is 6.04 Å². The molecule has 5 heteroatoms. The van der Waals surface area contributed by atoms with Crippen molar-refractivity contribution in [1.29, 1.82) is 0 Å². The van der Waals surface area contributed by atoms with Crippen molar-refractivity contribution in [2.24, 2.45) is 0 Å². The van der Waals surface area contributed by atoms with E-state index in [4.69, 9.17) is 0 Å². The Morgan fingerprint density at radius 2 is 1.85 bits per heavy atom. The zero-order chi connectivity index (χ0) is 17.8. The highest BCUT2D eigenvalue weighted by Crippen LogP contribution is 2.36. The van der Waals surface area contributed by atoms with Crippen LogP contribution < -0.4 is 5.32 Å². The van der Waals surface area contributed by atoms with Crippen LogP contribution in [0.5, 0.6) is 0 Å². The van der Waals surface area contributed by atoms with E-state index in [-0.39, 0.29) is 0 Å². The van der Waals surface area contributed by atoms with Crippen molar-refractivity contribution < 1.29 is 5.11 Å². The third kappa shape index (κ3) is 3.54. The molecule has 2 heterocycles. The Morgan fingerprint density at radius 1 is 1.04 bits per heavy atom. The van der Waals surface area contributed by atoms with Gasteiger partial charge in [0.2, 0.25) is 0 Å². The second-order valence-electron chi connectivity index (χ2n) is 7.00. The molecule has 2 aromatic heterocycles. The highest BCUT2D eigenvalue weighted by molar-refractivity contribution is 5.32. The van der Waals surface area contributed by atoms with Gasteiger partial charge in [-0.15, -0.1) is 0 Å².